The van der Waals surface area contributed by atoms with Crippen LogP contribution >= 0.6 is 0 Å². The number of piperazine rings is 1. The van der Waals surface area contributed by atoms with Crippen molar-refractivity contribution in [1.82, 2.24) is 0 Å². The summed E-state index contributed by atoms with van der Waals surface area (Å²) in [6.45, 7) is 2.65. The van der Waals surface area contributed by atoms with Gasteiger partial charge in [-0.25, -0.2) is 9.18 Å². The maximum Gasteiger partial charge on any atom is 0.337 e. The Morgan fingerprint density at radius 1 is 0.864 bits per heavy atom. The summed E-state index contributed by atoms with van der Waals surface area (Å²) in [6, 6.07) is 13.7. The van der Waals surface area contributed by atoms with Crippen molar-refractivity contribution in [2.75, 3.05) is 36.0 Å². The number of hydrogen-bond acceptors (Lipinski definition) is 3. The van der Waals surface area contributed by atoms with Crippen LogP contribution in [0.5, 0.6) is 0 Å². The van der Waals surface area contributed by atoms with Gasteiger partial charge in [-0.2, -0.15) is 0 Å². The number of carboxylic acid groups (broad SMARTS) is 1. The van der Waals surface area contributed by atoms with Crippen molar-refractivity contribution >= 4 is 17.3 Å². The lowest BCUT2D eigenvalue weighted by atomic mass is 10.1. The third-order valence-electron chi connectivity index (χ3n) is 3.95. The van der Waals surface area contributed by atoms with E-state index in [2.05, 4.69) is 0 Å². The summed E-state index contributed by atoms with van der Waals surface area (Å²) in [4.78, 5) is 15.3. The maximum absolute atomic E-state index is 13.8. The Bertz CT molecular complexity index is 682. The number of carboxylic acids is 1. The molecule has 2 aromatic carbocycles. The first-order valence-electron chi connectivity index (χ1n) is 7.23. The second-order valence-electron chi connectivity index (χ2n) is 5.25. The Morgan fingerprint density at radius 2 is 1.36 bits per heavy atom. The normalized spacial score (nSPS) is 15.0. The summed E-state index contributed by atoms with van der Waals surface area (Å²) in [5.74, 6) is -1.14. The zero-order valence-electron chi connectivity index (χ0n) is 12.1. The Morgan fingerprint density at radius 3 is 1.95 bits per heavy atom. The summed E-state index contributed by atoms with van der Waals surface area (Å²) < 4.78 is 13.8. The number of benzene rings is 2. The fourth-order valence-electron chi connectivity index (χ4n) is 2.83. The van der Waals surface area contributed by atoms with Gasteiger partial charge in [0.25, 0.3) is 0 Å². The summed E-state index contributed by atoms with van der Waals surface area (Å²) >= 11 is 0. The van der Waals surface area contributed by atoms with Crippen molar-refractivity contribution in [3.8, 4) is 0 Å². The Kier molecular flexibility index (Phi) is 3.96. The first-order chi connectivity index (χ1) is 10.7. The van der Waals surface area contributed by atoms with Crippen molar-refractivity contribution < 1.29 is 14.3 Å². The molecule has 0 amide bonds. The van der Waals surface area contributed by atoms with E-state index in [9.17, 15) is 14.3 Å². The molecule has 0 aromatic heterocycles. The Labute approximate surface area is 128 Å². The number of para-hydroxylation sites is 2. The molecule has 0 spiro atoms. The molecule has 1 saturated heterocycles. The van der Waals surface area contributed by atoms with E-state index in [1.165, 1.54) is 6.07 Å². The first-order valence-corrected chi connectivity index (χ1v) is 7.23. The van der Waals surface area contributed by atoms with Crippen LogP contribution in [0, 0.1) is 5.82 Å². The third kappa shape index (κ3) is 2.74. The SMILES string of the molecule is O=C(O)c1ccccc1N1CCN(c2ccccc2F)CC1. The van der Waals surface area contributed by atoms with Crippen molar-refractivity contribution in [2.45, 2.75) is 0 Å². The largest absolute Gasteiger partial charge is 0.478 e. The fourth-order valence-corrected chi connectivity index (χ4v) is 2.83. The summed E-state index contributed by atoms with van der Waals surface area (Å²) in [5.41, 5.74) is 1.64. The molecule has 1 aliphatic heterocycles. The molecular weight excluding hydrogens is 283 g/mol. The topological polar surface area (TPSA) is 43.8 Å². The van der Waals surface area contributed by atoms with E-state index in [0.29, 0.717) is 37.4 Å². The van der Waals surface area contributed by atoms with Crippen LogP contribution in [0.15, 0.2) is 48.5 Å². The Balaban J connectivity index is 1.75. The lowest BCUT2D eigenvalue weighted by molar-refractivity contribution is 0.0697. The van der Waals surface area contributed by atoms with Crippen LogP contribution in [0.25, 0.3) is 0 Å². The van der Waals surface area contributed by atoms with Gasteiger partial charge in [0.1, 0.15) is 5.82 Å². The first kappa shape index (κ1) is 14.4. The average Bonchev–Trinajstić information content (AvgIpc) is 2.55. The summed E-state index contributed by atoms with van der Waals surface area (Å²) in [6.07, 6.45) is 0. The highest BCUT2D eigenvalue weighted by Crippen LogP contribution is 2.25. The van der Waals surface area contributed by atoms with Gasteiger partial charge in [-0.05, 0) is 24.3 Å². The highest BCUT2D eigenvalue weighted by molar-refractivity contribution is 5.94. The predicted octanol–water partition coefficient (Wildman–Crippen LogP) is 2.85. The van der Waals surface area contributed by atoms with Crippen LogP contribution in [0.2, 0.25) is 0 Å². The monoisotopic (exact) mass is 300 g/mol. The Hall–Kier alpha value is -2.56. The van der Waals surface area contributed by atoms with Gasteiger partial charge in [0.2, 0.25) is 0 Å². The number of anilines is 2. The van der Waals surface area contributed by atoms with Gasteiger partial charge in [-0.15, -0.1) is 0 Å². The predicted molar refractivity (Wildman–Crippen MR) is 84.2 cm³/mol. The molecular formula is C17H17FN2O2. The molecule has 22 heavy (non-hydrogen) atoms. The van der Waals surface area contributed by atoms with Gasteiger partial charge >= 0.3 is 5.97 Å². The number of hydrogen-bond donors (Lipinski definition) is 1. The van der Waals surface area contributed by atoms with E-state index in [-0.39, 0.29) is 5.82 Å². The minimum Gasteiger partial charge on any atom is -0.478 e. The van der Waals surface area contributed by atoms with Crippen molar-refractivity contribution in [1.29, 1.82) is 0 Å². The molecule has 0 bridgehead atoms. The molecule has 0 atom stereocenters. The quantitative estimate of drug-likeness (QED) is 0.946. The van der Waals surface area contributed by atoms with Crippen LogP contribution in [0.3, 0.4) is 0 Å². The minimum atomic E-state index is -0.924. The molecule has 1 aliphatic rings. The van der Waals surface area contributed by atoms with Gasteiger partial charge in [0.15, 0.2) is 0 Å². The van der Waals surface area contributed by atoms with E-state index in [4.69, 9.17) is 0 Å². The molecule has 0 unspecified atom stereocenters. The van der Waals surface area contributed by atoms with E-state index in [1.54, 1.807) is 24.3 Å². The minimum absolute atomic E-state index is 0.220. The number of aromatic carboxylic acids is 1. The average molecular weight is 300 g/mol. The van der Waals surface area contributed by atoms with Gasteiger partial charge < -0.3 is 14.9 Å². The van der Waals surface area contributed by atoms with Crippen molar-refractivity contribution in [2.24, 2.45) is 0 Å². The van der Waals surface area contributed by atoms with Crippen LogP contribution in [-0.2, 0) is 0 Å². The zero-order chi connectivity index (χ0) is 15.5. The fraction of sp³-hybridized carbons (Fsp3) is 0.235. The number of carbonyl (C=O) groups is 1. The molecule has 0 saturated carbocycles. The summed E-state index contributed by atoms with van der Waals surface area (Å²) in [5, 5.41) is 9.28. The van der Waals surface area contributed by atoms with E-state index < -0.39 is 5.97 Å². The molecule has 0 radical (unpaired) electrons. The van der Waals surface area contributed by atoms with Gasteiger partial charge in [-0.1, -0.05) is 24.3 Å². The highest BCUT2D eigenvalue weighted by Gasteiger charge is 2.22. The third-order valence-corrected chi connectivity index (χ3v) is 3.95. The molecule has 0 aliphatic carbocycles. The van der Waals surface area contributed by atoms with Gasteiger partial charge in [-0.3, -0.25) is 0 Å². The maximum atomic E-state index is 13.8. The lowest BCUT2D eigenvalue weighted by Crippen LogP contribution is -2.47. The van der Waals surface area contributed by atoms with Gasteiger partial charge in [0.05, 0.1) is 16.9 Å². The lowest BCUT2D eigenvalue weighted by Gasteiger charge is -2.37. The standard InChI is InChI=1S/C17H17FN2O2/c18-14-6-2-4-8-16(14)20-11-9-19(10-12-20)15-7-3-1-5-13(15)17(21)22/h1-8H,9-12H2,(H,21,22). The van der Waals surface area contributed by atoms with Crippen LogP contribution in [-0.4, -0.2) is 37.3 Å². The number of rotatable bonds is 3. The molecule has 1 fully saturated rings. The second kappa shape index (κ2) is 6.05. The molecule has 3 rings (SSSR count). The van der Waals surface area contributed by atoms with E-state index in [1.807, 2.05) is 28.0 Å². The molecule has 1 N–H and O–H groups in total. The van der Waals surface area contributed by atoms with Crippen molar-refractivity contribution in [3.05, 3.63) is 59.9 Å². The van der Waals surface area contributed by atoms with Crippen LogP contribution < -0.4 is 9.80 Å². The molecule has 114 valence electrons. The molecule has 1 heterocycles. The van der Waals surface area contributed by atoms with Gasteiger partial charge in [0, 0.05) is 26.2 Å². The molecule has 4 nitrogen and oxygen atoms in total. The highest BCUT2D eigenvalue weighted by atomic mass is 19.1. The van der Waals surface area contributed by atoms with Crippen molar-refractivity contribution in [3.63, 3.8) is 0 Å². The second-order valence-corrected chi connectivity index (χ2v) is 5.25. The smallest absolute Gasteiger partial charge is 0.337 e. The van der Waals surface area contributed by atoms with E-state index in [0.717, 1.165) is 5.69 Å². The number of halogens is 1. The van der Waals surface area contributed by atoms with E-state index >= 15 is 0 Å². The summed E-state index contributed by atoms with van der Waals surface area (Å²) in [7, 11) is 0. The molecule has 2 aromatic rings. The van der Waals surface area contributed by atoms with Crippen LogP contribution in [0.4, 0.5) is 15.8 Å². The number of nitrogens with zero attached hydrogens (tertiary/aromatic N) is 2. The zero-order valence-corrected chi connectivity index (χ0v) is 12.1. The molecule has 5 heteroatoms. The van der Waals surface area contributed by atoms with Crippen LogP contribution in [0.1, 0.15) is 10.4 Å².